The Kier molecular flexibility index (Phi) is 5.43. The van der Waals surface area contributed by atoms with Crippen molar-refractivity contribution in [2.75, 3.05) is 11.9 Å². The van der Waals surface area contributed by atoms with E-state index in [4.69, 9.17) is 17.0 Å². The lowest BCUT2D eigenvalue weighted by molar-refractivity contribution is 0.158. The highest BCUT2D eigenvalue weighted by molar-refractivity contribution is 7.90. The van der Waals surface area contributed by atoms with Gasteiger partial charge in [0.25, 0.3) is 10.0 Å². The average Bonchev–Trinajstić information content (AvgIpc) is 3.08. The van der Waals surface area contributed by atoms with Crippen molar-refractivity contribution in [3.63, 3.8) is 0 Å². The lowest BCUT2D eigenvalue weighted by Crippen LogP contribution is -2.34. The lowest BCUT2D eigenvalue weighted by Gasteiger charge is -2.11. The lowest BCUT2D eigenvalue weighted by atomic mass is 10.2. The summed E-state index contributed by atoms with van der Waals surface area (Å²) in [5.41, 5.74) is 1.05. The van der Waals surface area contributed by atoms with Crippen molar-refractivity contribution in [3.05, 3.63) is 60.8 Å². The van der Waals surface area contributed by atoms with Crippen LogP contribution in [0, 0.1) is 0 Å². The topological polar surface area (TPSA) is 89.4 Å². The quantitative estimate of drug-likeness (QED) is 0.650. The molecule has 3 aromatic rings. The van der Waals surface area contributed by atoms with Gasteiger partial charge in [0.1, 0.15) is 0 Å². The van der Waals surface area contributed by atoms with Gasteiger partial charge >= 0.3 is 6.09 Å². The number of nitrogens with zero attached hydrogens (tertiary/aromatic N) is 1. The molecule has 2 N–H and O–H groups in total. The first-order valence-electron chi connectivity index (χ1n) is 8.09. The van der Waals surface area contributed by atoms with Crippen LogP contribution in [0.3, 0.4) is 0 Å². The Morgan fingerprint density at radius 3 is 2.56 bits per heavy atom. The number of anilines is 1. The zero-order valence-corrected chi connectivity index (χ0v) is 16.0. The third-order valence-electron chi connectivity index (χ3n) is 3.74. The molecule has 0 aliphatic rings. The number of fused-ring (bicyclic) bond motifs is 1. The van der Waals surface area contributed by atoms with E-state index < -0.39 is 16.1 Å². The summed E-state index contributed by atoms with van der Waals surface area (Å²) < 4.78 is 31.8. The van der Waals surface area contributed by atoms with Gasteiger partial charge in [0.15, 0.2) is 5.11 Å². The SMILES string of the molecule is CCOC(=O)NC(=S)Nc1cccc2c1ccn2S(=O)(=O)c1ccccc1. The monoisotopic (exact) mass is 403 g/mol. The number of nitrogens with one attached hydrogen (secondary N) is 2. The number of benzene rings is 2. The van der Waals surface area contributed by atoms with Gasteiger partial charge in [0.2, 0.25) is 0 Å². The molecule has 140 valence electrons. The van der Waals surface area contributed by atoms with Crippen molar-refractivity contribution < 1.29 is 17.9 Å². The fraction of sp³-hybridized carbons (Fsp3) is 0.111. The first-order chi connectivity index (χ1) is 12.9. The average molecular weight is 403 g/mol. The van der Waals surface area contributed by atoms with Crippen LogP contribution in [-0.2, 0) is 14.8 Å². The molecule has 3 rings (SSSR count). The first kappa shape index (κ1) is 18.9. The molecule has 0 radical (unpaired) electrons. The molecule has 0 bridgehead atoms. The van der Waals surface area contributed by atoms with Gasteiger partial charge in [-0.15, -0.1) is 0 Å². The molecule has 1 aromatic heterocycles. The van der Waals surface area contributed by atoms with Gasteiger partial charge in [-0.1, -0.05) is 24.3 Å². The molecule has 2 aromatic carbocycles. The predicted molar refractivity (Wildman–Crippen MR) is 107 cm³/mol. The third kappa shape index (κ3) is 3.93. The Hall–Kier alpha value is -2.91. The van der Waals surface area contributed by atoms with Crippen LogP contribution in [0.25, 0.3) is 10.9 Å². The number of hydrogen-bond donors (Lipinski definition) is 2. The molecule has 0 spiro atoms. The minimum Gasteiger partial charge on any atom is -0.450 e. The molecular weight excluding hydrogens is 386 g/mol. The van der Waals surface area contributed by atoms with Crippen LogP contribution in [0.5, 0.6) is 0 Å². The Bertz CT molecular complexity index is 1090. The van der Waals surface area contributed by atoms with E-state index >= 15 is 0 Å². The van der Waals surface area contributed by atoms with Crippen LogP contribution in [0.4, 0.5) is 10.5 Å². The number of aromatic nitrogens is 1. The number of carbonyl (C=O) groups excluding carboxylic acids is 1. The van der Waals surface area contributed by atoms with E-state index in [0.717, 1.165) is 0 Å². The molecule has 0 unspecified atom stereocenters. The second-order valence-electron chi connectivity index (χ2n) is 5.47. The van der Waals surface area contributed by atoms with E-state index in [-0.39, 0.29) is 16.6 Å². The highest BCUT2D eigenvalue weighted by Gasteiger charge is 2.19. The van der Waals surface area contributed by atoms with Gasteiger partial charge in [-0.2, -0.15) is 0 Å². The molecule has 0 saturated carbocycles. The smallest absolute Gasteiger partial charge is 0.413 e. The summed E-state index contributed by atoms with van der Waals surface area (Å²) in [5.74, 6) is 0. The number of rotatable bonds is 4. The maximum atomic E-state index is 12.9. The van der Waals surface area contributed by atoms with Crippen molar-refractivity contribution >= 4 is 50.0 Å². The van der Waals surface area contributed by atoms with Crippen molar-refractivity contribution in [3.8, 4) is 0 Å². The second kappa shape index (κ2) is 7.77. The van der Waals surface area contributed by atoms with E-state index in [2.05, 4.69) is 10.6 Å². The molecule has 0 aliphatic heterocycles. The largest absolute Gasteiger partial charge is 0.450 e. The number of amides is 1. The molecule has 0 saturated heterocycles. The Labute approximate surface area is 162 Å². The van der Waals surface area contributed by atoms with Crippen LogP contribution < -0.4 is 10.6 Å². The molecule has 1 amide bonds. The maximum absolute atomic E-state index is 12.9. The Balaban J connectivity index is 1.94. The number of alkyl carbamates (subject to hydrolysis) is 1. The number of carbonyl (C=O) groups is 1. The van der Waals surface area contributed by atoms with Gasteiger partial charge in [-0.25, -0.2) is 17.2 Å². The van der Waals surface area contributed by atoms with Gasteiger partial charge in [-0.05, 0) is 49.5 Å². The minimum absolute atomic E-state index is 0.0552. The summed E-state index contributed by atoms with van der Waals surface area (Å²) in [5, 5.41) is 5.98. The summed E-state index contributed by atoms with van der Waals surface area (Å²) in [4.78, 5) is 11.7. The van der Waals surface area contributed by atoms with Crippen molar-refractivity contribution in [2.45, 2.75) is 11.8 Å². The summed E-state index contributed by atoms with van der Waals surface area (Å²) in [6.07, 6.45) is 0.825. The zero-order chi connectivity index (χ0) is 19.4. The fourth-order valence-corrected chi connectivity index (χ4v) is 4.14. The fourth-order valence-electron chi connectivity index (χ4n) is 2.58. The van der Waals surface area contributed by atoms with Gasteiger partial charge < -0.3 is 10.1 Å². The number of hydrogen-bond acceptors (Lipinski definition) is 5. The first-order valence-corrected chi connectivity index (χ1v) is 9.94. The Morgan fingerprint density at radius 1 is 1.11 bits per heavy atom. The van der Waals surface area contributed by atoms with E-state index in [9.17, 15) is 13.2 Å². The summed E-state index contributed by atoms with van der Waals surface area (Å²) >= 11 is 5.10. The second-order valence-corrected chi connectivity index (χ2v) is 7.69. The highest BCUT2D eigenvalue weighted by atomic mass is 32.2. The Morgan fingerprint density at radius 2 is 1.85 bits per heavy atom. The van der Waals surface area contributed by atoms with Gasteiger partial charge in [0.05, 0.1) is 17.0 Å². The minimum atomic E-state index is -3.73. The van der Waals surface area contributed by atoms with Gasteiger partial charge in [-0.3, -0.25) is 5.32 Å². The molecule has 0 atom stereocenters. The third-order valence-corrected chi connectivity index (χ3v) is 5.64. The van der Waals surface area contributed by atoms with Crippen molar-refractivity contribution in [1.29, 1.82) is 0 Å². The van der Waals surface area contributed by atoms with E-state index in [1.807, 2.05) is 0 Å². The van der Waals surface area contributed by atoms with Crippen LogP contribution in [0.2, 0.25) is 0 Å². The van der Waals surface area contributed by atoms with Crippen LogP contribution >= 0.6 is 12.2 Å². The van der Waals surface area contributed by atoms with Gasteiger partial charge in [0, 0.05) is 17.3 Å². The predicted octanol–water partition coefficient (Wildman–Crippen LogP) is 3.32. The van der Waals surface area contributed by atoms with E-state index in [0.29, 0.717) is 16.6 Å². The van der Waals surface area contributed by atoms with Crippen LogP contribution in [-0.4, -0.2) is 30.2 Å². The highest BCUT2D eigenvalue weighted by Crippen LogP contribution is 2.27. The zero-order valence-electron chi connectivity index (χ0n) is 14.4. The molecule has 0 fully saturated rings. The molecule has 1 heterocycles. The maximum Gasteiger partial charge on any atom is 0.413 e. The standard InChI is InChI=1S/C18H17N3O4S2/c1-2-25-18(22)20-17(26)19-15-9-6-10-16-14(15)11-12-21(16)27(23,24)13-7-4-3-5-8-13/h3-12H,2H2,1H3,(H2,19,20,22,26). The number of thiocarbonyl (C=S) groups is 1. The van der Waals surface area contributed by atoms with E-state index in [1.165, 1.54) is 10.2 Å². The van der Waals surface area contributed by atoms with Crippen LogP contribution in [0.15, 0.2) is 65.7 Å². The van der Waals surface area contributed by atoms with Crippen molar-refractivity contribution in [2.24, 2.45) is 0 Å². The molecule has 7 nitrogen and oxygen atoms in total. The van der Waals surface area contributed by atoms with E-state index in [1.54, 1.807) is 61.5 Å². The van der Waals surface area contributed by atoms with Crippen LogP contribution in [0.1, 0.15) is 6.92 Å². The summed E-state index contributed by atoms with van der Waals surface area (Å²) in [6.45, 7) is 1.91. The molecule has 9 heteroatoms. The number of ether oxygens (including phenoxy) is 1. The molecular formula is C18H17N3O4S2. The molecule has 27 heavy (non-hydrogen) atoms. The summed E-state index contributed by atoms with van der Waals surface area (Å²) in [6, 6.07) is 15.0. The summed E-state index contributed by atoms with van der Waals surface area (Å²) in [7, 11) is -3.73. The van der Waals surface area contributed by atoms with Crippen molar-refractivity contribution in [1.82, 2.24) is 9.29 Å². The molecule has 0 aliphatic carbocycles. The normalized spacial score (nSPS) is 11.1.